The summed E-state index contributed by atoms with van der Waals surface area (Å²) in [7, 11) is 0. The topological polar surface area (TPSA) is 33.1 Å². The minimum atomic E-state index is -2.34. The number of hydrogen-bond donors (Lipinski definition) is 1. The smallest absolute Gasteiger partial charge is 0.213 e. The monoisotopic (exact) mass is 279 g/mol. The first-order valence-corrected chi connectivity index (χ1v) is 4.71. The van der Waals surface area contributed by atoms with Gasteiger partial charge in [-0.1, -0.05) is 0 Å². The average Bonchev–Trinajstić information content (AvgIpc) is 2.38. The molecule has 1 aromatic carbocycles. The summed E-state index contributed by atoms with van der Waals surface area (Å²) in [6, 6.07) is 0.355. The highest BCUT2D eigenvalue weighted by molar-refractivity contribution is 5.70. The fraction of sp³-hybridized carbons (Fsp3) is 0. The molecule has 0 aliphatic rings. The summed E-state index contributed by atoms with van der Waals surface area (Å²) in [5.74, 6) is -13.2. The van der Waals surface area contributed by atoms with E-state index in [2.05, 4.69) is 4.98 Å². The molecule has 0 radical (unpaired) electrons. The van der Waals surface area contributed by atoms with Crippen molar-refractivity contribution in [3.8, 4) is 16.9 Å². The number of pyridine rings is 1. The van der Waals surface area contributed by atoms with Crippen molar-refractivity contribution in [2.75, 3.05) is 0 Å². The molecule has 0 fully saturated rings. The zero-order valence-corrected chi connectivity index (χ0v) is 8.82. The fourth-order valence-electron chi connectivity index (χ4n) is 1.46. The van der Waals surface area contributed by atoms with E-state index in [1.165, 1.54) is 0 Å². The molecule has 0 aliphatic heterocycles. The molecule has 0 atom stereocenters. The normalized spacial score (nSPS) is 10.8. The zero-order valence-electron chi connectivity index (χ0n) is 8.82. The molecule has 1 aromatic heterocycles. The molecule has 8 heteroatoms. The van der Waals surface area contributed by atoms with Crippen LogP contribution in [0.3, 0.4) is 0 Å². The number of aromatic hydroxyl groups is 1. The lowest BCUT2D eigenvalue weighted by molar-refractivity contribution is 0.380. The Kier molecular flexibility index (Phi) is 3.09. The van der Waals surface area contributed by atoms with Gasteiger partial charge < -0.3 is 5.11 Å². The van der Waals surface area contributed by atoms with Gasteiger partial charge in [-0.15, -0.1) is 0 Å². The maximum Gasteiger partial charge on any atom is 0.213 e. The fourth-order valence-corrected chi connectivity index (χ4v) is 1.46. The van der Waals surface area contributed by atoms with Crippen LogP contribution in [0.15, 0.2) is 12.3 Å². The lowest BCUT2D eigenvalue weighted by Gasteiger charge is -2.09. The summed E-state index contributed by atoms with van der Waals surface area (Å²) < 4.78 is 78.5. The molecule has 2 aromatic rings. The van der Waals surface area contributed by atoms with Gasteiger partial charge in [-0.3, -0.25) is 0 Å². The molecule has 2 rings (SSSR count). The molecule has 0 spiro atoms. The van der Waals surface area contributed by atoms with Crippen molar-refractivity contribution in [2.24, 2.45) is 0 Å². The Balaban J connectivity index is 2.87. The van der Waals surface area contributed by atoms with Gasteiger partial charge >= 0.3 is 0 Å². The van der Waals surface area contributed by atoms with Crippen molar-refractivity contribution in [3.63, 3.8) is 0 Å². The minimum Gasteiger partial charge on any atom is -0.506 e. The zero-order chi connectivity index (χ0) is 14.3. The number of halogens is 6. The van der Waals surface area contributed by atoms with E-state index in [4.69, 9.17) is 0 Å². The van der Waals surface area contributed by atoms with Crippen molar-refractivity contribution in [3.05, 3.63) is 47.3 Å². The molecule has 0 unspecified atom stereocenters. The third kappa shape index (κ3) is 1.98. The third-order valence-electron chi connectivity index (χ3n) is 2.33. The van der Waals surface area contributed by atoms with Gasteiger partial charge in [0, 0.05) is 11.6 Å². The van der Waals surface area contributed by atoms with Crippen LogP contribution in [-0.2, 0) is 0 Å². The van der Waals surface area contributed by atoms with Crippen LogP contribution in [0.5, 0.6) is 5.75 Å². The van der Waals surface area contributed by atoms with Gasteiger partial charge in [0.25, 0.3) is 0 Å². The van der Waals surface area contributed by atoms with Crippen LogP contribution in [0.4, 0.5) is 26.3 Å². The van der Waals surface area contributed by atoms with Crippen LogP contribution in [0.25, 0.3) is 11.1 Å². The molecular formula is C11H3F6NO. The SMILES string of the molecule is Oc1cnc(F)cc1-c1c(F)c(F)c(F)c(F)c1F. The first kappa shape index (κ1) is 13.2. The predicted octanol–water partition coefficient (Wildman–Crippen LogP) is 3.29. The van der Waals surface area contributed by atoms with Gasteiger partial charge in [-0.25, -0.2) is 26.9 Å². The van der Waals surface area contributed by atoms with Crippen LogP contribution in [0, 0.1) is 35.0 Å². The predicted molar refractivity (Wildman–Crippen MR) is 51.1 cm³/mol. The van der Waals surface area contributed by atoms with Crippen LogP contribution in [0.2, 0.25) is 0 Å². The van der Waals surface area contributed by atoms with E-state index in [9.17, 15) is 31.4 Å². The maximum atomic E-state index is 13.4. The number of hydrogen-bond acceptors (Lipinski definition) is 2. The van der Waals surface area contributed by atoms with Crippen molar-refractivity contribution < 1.29 is 31.4 Å². The number of benzene rings is 1. The van der Waals surface area contributed by atoms with Gasteiger partial charge in [0.2, 0.25) is 11.8 Å². The summed E-state index contributed by atoms with van der Waals surface area (Å²) in [4.78, 5) is 2.96. The van der Waals surface area contributed by atoms with E-state index in [0.717, 1.165) is 0 Å². The average molecular weight is 279 g/mol. The van der Waals surface area contributed by atoms with Crippen molar-refractivity contribution in [2.45, 2.75) is 0 Å². The molecule has 1 heterocycles. The Hall–Kier alpha value is -2.25. The highest BCUT2D eigenvalue weighted by Gasteiger charge is 2.28. The summed E-state index contributed by atoms with van der Waals surface area (Å²) in [6.07, 6.45) is 0.489. The molecule has 100 valence electrons. The minimum absolute atomic E-state index is 0.355. The molecule has 0 amide bonds. The summed E-state index contributed by atoms with van der Waals surface area (Å²) >= 11 is 0. The van der Waals surface area contributed by atoms with Gasteiger partial charge in [0.1, 0.15) is 5.75 Å². The lowest BCUT2D eigenvalue weighted by Crippen LogP contribution is -2.04. The first-order chi connectivity index (χ1) is 8.84. The number of nitrogens with zero attached hydrogens (tertiary/aromatic N) is 1. The maximum absolute atomic E-state index is 13.4. The summed E-state index contributed by atoms with van der Waals surface area (Å²) in [5, 5.41) is 9.29. The Labute approximate surface area is 101 Å². The van der Waals surface area contributed by atoms with Gasteiger partial charge in [0.15, 0.2) is 23.3 Å². The Morgan fingerprint density at radius 1 is 0.789 bits per heavy atom. The largest absolute Gasteiger partial charge is 0.506 e. The van der Waals surface area contributed by atoms with Crippen LogP contribution in [-0.4, -0.2) is 10.1 Å². The Morgan fingerprint density at radius 2 is 1.26 bits per heavy atom. The molecule has 0 aliphatic carbocycles. The second-order valence-corrected chi connectivity index (χ2v) is 3.47. The second-order valence-electron chi connectivity index (χ2n) is 3.47. The van der Waals surface area contributed by atoms with Crippen molar-refractivity contribution >= 4 is 0 Å². The van der Waals surface area contributed by atoms with Crippen LogP contribution in [0.1, 0.15) is 0 Å². The Bertz CT molecular complexity index is 644. The molecule has 19 heavy (non-hydrogen) atoms. The van der Waals surface area contributed by atoms with Gasteiger partial charge in [-0.2, -0.15) is 4.39 Å². The lowest BCUT2D eigenvalue weighted by atomic mass is 10.0. The second kappa shape index (κ2) is 4.45. The first-order valence-electron chi connectivity index (χ1n) is 4.71. The summed E-state index contributed by atoms with van der Waals surface area (Å²) in [6.45, 7) is 0. The third-order valence-corrected chi connectivity index (χ3v) is 2.33. The standard InChI is InChI=1S/C11H3F6NO/c12-5-1-3(4(19)2-18-5)6-7(13)9(15)11(17)10(16)8(6)14/h1-2,19H. The van der Waals surface area contributed by atoms with E-state index in [-0.39, 0.29) is 0 Å². The molecule has 0 saturated carbocycles. The highest BCUT2D eigenvalue weighted by atomic mass is 19.2. The highest BCUT2D eigenvalue weighted by Crippen LogP contribution is 2.36. The van der Waals surface area contributed by atoms with Gasteiger partial charge in [-0.05, 0) is 0 Å². The van der Waals surface area contributed by atoms with E-state index >= 15 is 0 Å². The summed E-state index contributed by atoms with van der Waals surface area (Å²) in [5.41, 5.74) is -2.31. The molecule has 2 nitrogen and oxygen atoms in total. The number of aromatic nitrogens is 1. The van der Waals surface area contributed by atoms with Crippen molar-refractivity contribution in [1.29, 1.82) is 0 Å². The quantitative estimate of drug-likeness (QED) is 0.376. The van der Waals surface area contributed by atoms with Crippen molar-refractivity contribution in [1.82, 2.24) is 4.98 Å². The van der Waals surface area contributed by atoms with E-state index in [1.807, 2.05) is 0 Å². The van der Waals surface area contributed by atoms with E-state index in [1.54, 1.807) is 0 Å². The molecule has 0 saturated heterocycles. The molecular weight excluding hydrogens is 276 g/mol. The molecule has 1 N–H and O–H groups in total. The van der Waals surface area contributed by atoms with Crippen LogP contribution < -0.4 is 0 Å². The molecule has 0 bridgehead atoms. The van der Waals surface area contributed by atoms with E-state index in [0.29, 0.717) is 12.3 Å². The number of rotatable bonds is 1. The Morgan fingerprint density at radius 3 is 1.79 bits per heavy atom. The van der Waals surface area contributed by atoms with Gasteiger partial charge in [0.05, 0.1) is 11.8 Å². The van der Waals surface area contributed by atoms with Crippen LogP contribution >= 0.6 is 0 Å². The van der Waals surface area contributed by atoms with E-state index < -0.39 is 51.9 Å².